The molecule has 3 rings (SSSR count). The maximum absolute atomic E-state index is 12.3. The molecule has 1 aromatic carbocycles. The predicted octanol–water partition coefficient (Wildman–Crippen LogP) is 3.33. The number of fused-ring (bicyclic) bond motifs is 1. The normalized spacial score (nSPS) is 16.8. The van der Waals surface area contributed by atoms with Crippen molar-refractivity contribution in [2.75, 3.05) is 6.61 Å². The Morgan fingerprint density at radius 1 is 1.32 bits per heavy atom. The molecule has 1 aliphatic rings. The number of amides is 1. The van der Waals surface area contributed by atoms with Crippen molar-refractivity contribution < 1.29 is 14.1 Å². The van der Waals surface area contributed by atoms with Gasteiger partial charge in [-0.05, 0) is 12.5 Å². The topological polar surface area (TPSA) is 77.2 Å². The van der Waals surface area contributed by atoms with Gasteiger partial charge in [-0.3, -0.25) is 4.79 Å². The van der Waals surface area contributed by atoms with Crippen LogP contribution in [0.3, 0.4) is 0 Å². The van der Waals surface area contributed by atoms with Crippen LogP contribution in [0.1, 0.15) is 63.4 Å². The summed E-state index contributed by atoms with van der Waals surface area (Å²) in [5.41, 5.74) is 0.920. The Bertz CT molecular complexity index is 734. The van der Waals surface area contributed by atoms with Gasteiger partial charge in [-0.2, -0.15) is 4.98 Å². The van der Waals surface area contributed by atoms with Crippen LogP contribution in [0.15, 0.2) is 28.8 Å². The highest BCUT2D eigenvalue weighted by Crippen LogP contribution is 2.31. The molecule has 0 spiro atoms. The van der Waals surface area contributed by atoms with E-state index in [0.717, 1.165) is 17.7 Å². The van der Waals surface area contributed by atoms with Crippen LogP contribution in [0.25, 0.3) is 0 Å². The number of rotatable bonds is 5. The van der Waals surface area contributed by atoms with E-state index in [4.69, 9.17) is 9.26 Å². The van der Waals surface area contributed by atoms with Gasteiger partial charge in [0.1, 0.15) is 5.75 Å². The van der Waals surface area contributed by atoms with Crippen molar-refractivity contribution in [1.82, 2.24) is 15.5 Å². The van der Waals surface area contributed by atoms with Crippen LogP contribution in [-0.2, 0) is 16.6 Å². The first-order valence-electron chi connectivity index (χ1n) is 8.77. The average molecular weight is 343 g/mol. The highest BCUT2D eigenvalue weighted by Gasteiger charge is 2.23. The van der Waals surface area contributed by atoms with Gasteiger partial charge in [0.25, 0.3) is 0 Å². The zero-order valence-corrected chi connectivity index (χ0v) is 15.0. The zero-order valence-electron chi connectivity index (χ0n) is 15.0. The number of hydrogen-bond acceptors (Lipinski definition) is 5. The van der Waals surface area contributed by atoms with Gasteiger partial charge in [-0.1, -0.05) is 44.1 Å². The lowest BCUT2D eigenvalue weighted by Crippen LogP contribution is -2.32. The van der Waals surface area contributed by atoms with Crippen molar-refractivity contribution in [3.63, 3.8) is 0 Å². The third kappa shape index (κ3) is 4.38. The van der Waals surface area contributed by atoms with E-state index < -0.39 is 0 Å². The fraction of sp³-hybridized carbons (Fsp3) is 0.526. The van der Waals surface area contributed by atoms with Gasteiger partial charge in [0, 0.05) is 30.2 Å². The van der Waals surface area contributed by atoms with E-state index in [1.807, 2.05) is 45.0 Å². The molecule has 0 saturated heterocycles. The average Bonchev–Trinajstić information content (AvgIpc) is 3.04. The van der Waals surface area contributed by atoms with Crippen LogP contribution in [0.2, 0.25) is 0 Å². The molecular weight excluding hydrogens is 318 g/mol. The molecule has 25 heavy (non-hydrogen) atoms. The van der Waals surface area contributed by atoms with Crippen LogP contribution in [0.5, 0.6) is 5.75 Å². The van der Waals surface area contributed by atoms with Crippen molar-refractivity contribution in [2.45, 2.75) is 57.9 Å². The van der Waals surface area contributed by atoms with E-state index in [2.05, 4.69) is 15.5 Å². The number of carbonyl (C=O) groups excluding carboxylic acids is 1. The Balaban J connectivity index is 1.48. The van der Waals surface area contributed by atoms with Crippen LogP contribution >= 0.6 is 0 Å². The van der Waals surface area contributed by atoms with Crippen molar-refractivity contribution in [2.24, 2.45) is 0 Å². The summed E-state index contributed by atoms with van der Waals surface area (Å²) in [6.07, 6.45) is 2.53. The summed E-state index contributed by atoms with van der Waals surface area (Å²) in [6.45, 7) is 6.75. The largest absolute Gasteiger partial charge is 0.493 e. The molecule has 1 N–H and O–H groups in total. The van der Waals surface area contributed by atoms with E-state index in [1.165, 1.54) is 0 Å². The van der Waals surface area contributed by atoms with Gasteiger partial charge in [0.2, 0.25) is 11.8 Å². The molecule has 0 aliphatic carbocycles. The quantitative estimate of drug-likeness (QED) is 0.901. The zero-order chi connectivity index (χ0) is 17.9. The maximum atomic E-state index is 12.3. The first kappa shape index (κ1) is 17.5. The second-order valence-corrected chi connectivity index (χ2v) is 7.41. The number of carbonyl (C=O) groups is 1. The van der Waals surface area contributed by atoms with Gasteiger partial charge < -0.3 is 14.6 Å². The SMILES string of the molecule is CC(C)(C)c1noc(CCCC(=O)N[C@H]2CCOc3ccccc32)n1. The number of ether oxygens (including phenoxy) is 1. The molecule has 134 valence electrons. The van der Waals surface area contributed by atoms with Crippen molar-refractivity contribution in [1.29, 1.82) is 0 Å². The number of nitrogens with one attached hydrogen (secondary N) is 1. The summed E-state index contributed by atoms with van der Waals surface area (Å²) in [5, 5.41) is 7.11. The molecule has 1 aliphatic heterocycles. The van der Waals surface area contributed by atoms with Gasteiger partial charge in [0.15, 0.2) is 5.82 Å². The molecule has 0 fully saturated rings. The van der Waals surface area contributed by atoms with Crippen LogP contribution in [0.4, 0.5) is 0 Å². The standard InChI is InChI=1S/C19H25N3O3/c1-19(2,3)18-21-17(25-22-18)10-6-9-16(23)20-14-11-12-24-15-8-5-4-7-13(14)15/h4-5,7-8,14H,6,9-12H2,1-3H3,(H,20,23)/t14-/m0/s1. The molecule has 0 radical (unpaired) electrons. The molecule has 0 saturated carbocycles. The lowest BCUT2D eigenvalue weighted by atomic mass is 9.96. The highest BCUT2D eigenvalue weighted by molar-refractivity contribution is 5.76. The summed E-state index contributed by atoms with van der Waals surface area (Å²) in [5.74, 6) is 2.19. The van der Waals surface area contributed by atoms with E-state index >= 15 is 0 Å². The minimum absolute atomic E-state index is 0.0216. The van der Waals surface area contributed by atoms with E-state index in [9.17, 15) is 4.79 Å². The first-order chi connectivity index (χ1) is 11.9. The molecule has 2 aromatic rings. The summed E-state index contributed by atoms with van der Waals surface area (Å²) in [4.78, 5) is 16.7. The number of para-hydroxylation sites is 1. The van der Waals surface area contributed by atoms with Gasteiger partial charge >= 0.3 is 0 Å². The molecule has 0 bridgehead atoms. The smallest absolute Gasteiger partial charge is 0.226 e. The minimum Gasteiger partial charge on any atom is -0.493 e. The Morgan fingerprint density at radius 2 is 2.12 bits per heavy atom. The maximum Gasteiger partial charge on any atom is 0.226 e. The third-order valence-corrected chi connectivity index (χ3v) is 4.23. The summed E-state index contributed by atoms with van der Waals surface area (Å²) in [6, 6.07) is 7.88. The Kier molecular flexibility index (Phi) is 5.06. The van der Waals surface area contributed by atoms with E-state index in [0.29, 0.717) is 37.6 Å². The summed E-state index contributed by atoms with van der Waals surface area (Å²) in [7, 11) is 0. The lowest BCUT2D eigenvalue weighted by Gasteiger charge is -2.26. The predicted molar refractivity (Wildman–Crippen MR) is 93.4 cm³/mol. The molecule has 2 heterocycles. The molecule has 6 heteroatoms. The van der Waals surface area contributed by atoms with Crippen LogP contribution < -0.4 is 10.1 Å². The second kappa shape index (κ2) is 7.25. The highest BCUT2D eigenvalue weighted by atomic mass is 16.5. The number of benzene rings is 1. The summed E-state index contributed by atoms with van der Waals surface area (Å²) < 4.78 is 10.9. The molecule has 1 amide bonds. The Morgan fingerprint density at radius 3 is 2.88 bits per heavy atom. The molecule has 1 aromatic heterocycles. The Hall–Kier alpha value is -2.37. The number of aryl methyl sites for hydroxylation is 1. The van der Waals surface area contributed by atoms with Crippen molar-refractivity contribution in [3.8, 4) is 5.75 Å². The Labute approximate surface area is 148 Å². The monoisotopic (exact) mass is 343 g/mol. The van der Waals surface area contributed by atoms with Gasteiger partial charge in [0.05, 0.1) is 12.6 Å². The van der Waals surface area contributed by atoms with E-state index in [-0.39, 0.29) is 17.4 Å². The van der Waals surface area contributed by atoms with Gasteiger partial charge in [-0.15, -0.1) is 0 Å². The first-order valence-corrected chi connectivity index (χ1v) is 8.77. The number of aromatic nitrogens is 2. The van der Waals surface area contributed by atoms with Gasteiger partial charge in [-0.25, -0.2) is 0 Å². The number of nitrogens with zero attached hydrogens (tertiary/aromatic N) is 2. The fourth-order valence-corrected chi connectivity index (χ4v) is 2.82. The molecule has 1 atom stereocenters. The van der Waals surface area contributed by atoms with Crippen molar-refractivity contribution >= 4 is 5.91 Å². The minimum atomic E-state index is -0.129. The third-order valence-electron chi connectivity index (χ3n) is 4.23. The van der Waals surface area contributed by atoms with E-state index in [1.54, 1.807) is 0 Å². The van der Waals surface area contributed by atoms with Crippen LogP contribution in [-0.4, -0.2) is 22.7 Å². The number of hydrogen-bond donors (Lipinski definition) is 1. The lowest BCUT2D eigenvalue weighted by molar-refractivity contribution is -0.122. The second-order valence-electron chi connectivity index (χ2n) is 7.41. The fourth-order valence-electron chi connectivity index (χ4n) is 2.82. The summed E-state index contributed by atoms with van der Waals surface area (Å²) >= 11 is 0. The van der Waals surface area contributed by atoms with Crippen LogP contribution in [0, 0.1) is 0 Å². The van der Waals surface area contributed by atoms with Crippen molar-refractivity contribution in [3.05, 3.63) is 41.5 Å². The molecule has 0 unspecified atom stereocenters. The molecule has 6 nitrogen and oxygen atoms in total. The molecular formula is C19H25N3O3.